The largest absolute Gasteiger partial charge is 0.354 e. The lowest BCUT2D eigenvalue weighted by Gasteiger charge is -2.20. The van der Waals surface area contributed by atoms with Gasteiger partial charge in [-0.25, -0.2) is 4.98 Å². The molecule has 1 N–H and O–H groups in total. The summed E-state index contributed by atoms with van der Waals surface area (Å²) in [6, 6.07) is 2.11. The molecule has 2 rings (SSSR count). The Bertz CT molecular complexity index is 557. The Balaban J connectivity index is 2.44. The highest BCUT2D eigenvalue weighted by Crippen LogP contribution is 2.22. The lowest BCUT2D eigenvalue weighted by atomic mass is 10.3. The number of H-pyrrole nitrogens is 1. The molecule has 0 aliphatic rings. The monoisotopic (exact) mass is 250 g/mol. The van der Waals surface area contributed by atoms with Crippen molar-refractivity contribution in [2.45, 2.75) is 13.3 Å². The van der Waals surface area contributed by atoms with Gasteiger partial charge >= 0.3 is 0 Å². The zero-order chi connectivity index (χ0) is 12.3. The average Bonchev–Trinajstić information content (AvgIpc) is 2.77. The molecule has 0 saturated heterocycles. The van der Waals surface area contributed by atoms with Crippen LogP contribution in [0.1, 0.15) is 13.3 Å². The van der Waals surface area contributed by atoms with Gasteiger partial charge in [-0.15, -0.1) is 0 Å². The van der Waals surface area contributed by atoms with Gasteiger partial charge in [-0.3, -0.25) is 0 Å². The van der Waals surface area contributed by atoms with Gasteiger partial charge < -0.3 is 9.88 Å². The first-order chi connectivity index (χ1) is 8.26. The first kappa shape index (κ1) is 11.6. The van der Waals surface area contributed by atoms with Crippen molar-refractivity contribution in [3.8, 4) is 6.07 Å². The van der Waals surface area contributed by atoms with Crippen LogP contribution in [0.4, 0.5) is 5.82 Å². The summed E-state index contributed by atoms with van der Waals surface area (Å²) < 4.78 is 0. The van der Waals surface area contributed by atoms with Crippen molar-refractivity contribution in [1.29, 1.82) is 5.26 Å². The van der Waals surface area contributed by atoms with Gasteiger partial charge in [0, 0.05) is 13.1 Å². The number of aromatic nitrogens is 4. The molecule has 0 aliphatic heterocycles. The predicted octanol–water partition coefficient (Wildman–Crippen LogP) is 1.75. The van der Waals surface area contributed by atoms with Gasteiger partial charge in [-0.1, -0.05) is 0 Å². The summed E-state index contributed by atoms with van der Waals surface area (Å²) >= 11 is 5.85. The molecule has 0 bridgehead atoms. The molecule has 2 heterocycles. The lowest BCUT2D eigenvalue weighted by molar-refractivity contribution is 0.812. The van der Waals surface area contributed by atoms with Gasteiger partial charge in [0.05, 0.1) is 18.8 Å². The molecule has 0 amide bonds. The minimum Gasteiger partial charge on any atom is -0.354 e. The predicted molar refractivity (Wildman–Crippen MR) is 64.8 cm³/mol. The maximum absolute atomic E-state index is 8.63. The third kappa shape index (κ3) is 2.29. The number of hydrogen-bond acceptors (Lipinski definition) is 5. The third-order valence-corrected chi connectivity index (χ3v) is 2.58. The van der Waals surface area contributed by atoms with E-state index in [4.69, 9.17) is 16.9 Å². The summed E-state index contributed by atoms with van der Waals surface area (Å²) in [4.78, 5) is 17.2. The molecule has 7 heteroatoms. The van der Waals surface area contributed by atoms with E-state index in [0.717, 1.165) is 12.1 Å². The molecule has 0 saturated carbocycles. The summed E-state index contributed by atoms with van der Waals surface area (Å²) in [5, 5.41) is 8.79. The Morgan fingerprint density at radius 2 is 2.35 bits per heavy atom. The van der Waals surface area contributed by atoms with Crippen LogP contribution in [-0.2, 0) is 0 Å². The third-order valence-electron chi connectivity index (χ3n) is 2.41. The van der Waals surface area contributed by atoms with Crippen LogP contribution in [0.25, 0.3) is 11.2 Å². The smallest absolute Gasteiger partial charge is 0.226 e. The van der Waals surface area contributed by atoms with Crippen LogP contribution in [0.5, 0.6) is 0 Å². The van der Waals surface area contributed by atoms with Gasteiger partial charge in [0.25, 0.3) is 0 Å². The number of hydrogen-bond donors (Lipinski definition) is 1. The highest BCUT2D eigenvalue weighted by molar-refractivity contribution is 6.28. The lowest BCUT2D eigenvalue weighted by Crippen LogP contribution is -2.25. The summed E-state index contributed by atoms with van der Waals surface area (Å²) in [7, 11) is 0. The van der Waals surface area contributed by atoms with Crippen molar-refractivity contribution >= 4 is 28.6 Å². The molecular formula is C10H11ClN6. The average molecular weight is 251 g/mol. The van der Waals surface area contributed by atoms with E-state index >= 15 is 0 Å². The van der Waals surface area contributed by atoms with Crippen molar-refractivity contribution in [2.75, 3.05) is 18.0 Å². The zero-order valence-corrected chi connectivity index (χ0v) is 10.1. The van der Waals surface area contributed by atoms with E-state index in [1.54, 1.807) is 6.33 Å². The van der Waals surface area contributed by atoms with Crippen LogP contribution in [0.2, 0.25) is 5.28 Å². The molecule has 0 unspecified atom stereocenters. The maximum atomic E-state index is 8.63. The Kier molecular flexibility index (Phi) is 3.40. The van der Waals surface area contributed by atoms with Gasteiger partial charge in [-0.2, -0.15) is 15.2 Å². The molecule has 2 aromatic rings. The second-order valence-corrected chi connectivity index (χ2v) is 3.74. The van der Waals surface area contributed by atoms with Gasteiger partial charge in [-0.05, 0) is 18.5 Å². The molecule has 88 valence electrons. The second kappa shape index (κ2) is 4.97. The molecule has 17 heavy (non-hydrogen) atoms. The molecule has 2 aromatic heterocycles. The number of rotatable bonds is 4. The van der Waals surface area contributed by atoms with E-state index in [1.807, 2.05) is 11.8 Å². The highest BCUT2D eigenvalue weighted by Gasteiger charge is 2.14. The Morgan fingerprint density at radius 3 is 3.06 bits per heavy atom. The normalized spacial score (nSPS) is 10.4. The van der Waals surface area contributed by atoms with Crippen LogP contribution >= 0.6 is 11.6 Å². The van der Waals surface area contributed by atoms with E-state index < -0.39 is 0 Å². The highest BCUT2D eigenvalue weighted by atomic mass is 35.5. The Labute approximate surface area is 103 Å². The van der Waals surface area contributed by atoms with Crippen molar-refractivity contribution in [1.82, 2.24) is 19.9 Å². The first-order valence-electron chi connectivity index (χ1n) is 5.24. The number of anilines is 1. The quantitative estimate of drug-likeness (QED) is 0.836. The van der Waals surface area contributed by atoms with E-state index in [0.29, 0.717) is 24.4 Å². The maximum Gasteiger partial charge on any atom is 0.226 e. The molecule has 0 aliphatic carbocycles. The van der Waals surface area contributed by atoms with Crippen LogP contribution < -0.4 is 4.90 Å². The van der Waals surface area contributed by atoms with Crippen molar-refractivity contribution in [2.24, 2.45) is 0 Å². The van der Waals surface area contributed by atoms with Crippen LogP contribution in [0, 0.1) is 11.3 Å². The molecule has 0 fully saturated rings. The molecular weight excluding hydrogens is 240 g/mol. The SMILES string of the molecule is CCN(CCC#N)c1nc(Cl)nc2nc[nH]c12. The number of aromatic amines is 1. The second-order valence-electron chi connectivity index (χ2n) is 3.41. The van der Waals surface area contributed by atoms with E-state index in [9.17, 15) is 0 Å². The van der Waals surface area contributed by atoms with E-state index in [1.165, 1.54) is 0 Å². The molecule has 6 nitrogen and oxygen atoms in total. The number of imidazole rings is 1. The van der Waals surface area contributed by atoms with E-state index in [-0.39, 0.29) is 5.28 Å². The standard InChI is InChI=1S/C10H11ClN6/c1-2-17(5-3-4-12)9-7-8(14-6-13-7)15-10(11)16-9/h6H,2-3,5H2,1H3,(H,13,14,15,16). The van der Waals surface area contributed by atoms with E-state index in [2.05, 4.69) is 26.0 Å². The van der Waals surface area contributed by atoms with Gasteiger partial charge in [0.15, 0.2) is 11.5 Å². The van der Waals surface area contributed by atoms with Crippen molar-refractivity contribution in [3.63, 3.8) is 0 Å². The number of nitriles is 1. The summed E-state index contributed by atoms with van der Waals surface area (Å²) in [5.41, 5.74) is 1.28. The number of fused-ring (bicyclic) bond motifs is 1. The van der Waals surface area contributed by atoms with Gasteiger partial charge in [0.2, 0.25) is 5.28 Å². The van der Waals surface area contributed by atoms with Crippen LogP contribution in [0.3, 0.4) is 0 Å². The van der Waals surface area contributed by atoms with Crippen LogP contribution in [-0.4, -0.2) is 33.0 Å². The molecule has 0 radical (unpaired) electrons. The topological polar surface area (TPSA) is 81.5 Å². The minimum absolute atomic E-state index is 0.162. The summed E-state index contributed by atoms with van der Waals surface area (Å²) in [6.07, 6.45) is 1.99. The Morgan fingerprint density at radius 1 is 1.53 bits per heavy atom. The fraction of sp³-hybridized carbons (Fsp3) is 0.400. The number of halogens is 1. The minimum atomic E-state index is 0.162. The number of nitrogens with one attached hydrogen (secondary N) is 1. The molecule has 0 aromatic carbocycles. The Hall–Kier alpha value is -1.87. The number of nitrogens with zero attached hydrogens (tertiary/aromatic N) is 5. The summed E-state index contributed by atoms with van der Waals surface area (Å²) in [5.74, 6) is 0.690. The summed E-state index contributed by atoms with van der Waals surface area (Å²) in [6.45, 7) is 3.34. The molecule has 0 spiro atoms. The first-order valence-corrected chi connectivity index (χ1v) is 5.62. The fourth-order valence-corrected chi connectivity index (χ4v) is 1.78. The molecule has 0 atom stereocenters. The van der Waals surface area contributed by atoms with Crippen molar-refractivity contribution < 1.29 is 0 Å². The van der Waals surface area contributed by atoms with Gasteiger partial charge in [0.1, 0.15) is 5.52 Å². The zero-order valence-electron chi connectivity index (χ0n) is 9.31. The fourth-order valence-electron chi connectivity index (χ4n) is 1.62. The van der Waals surface area contributed by atoms with Crippen molar-refractivity contribution in [3.05, 3.63) is 11.6 Å². The van der Waals surface area contributed by atoms with Crippen LogP contribution in [0.15, 0.2) is 6.33 Å².